The summed E-state index contributed by atoms with van der Waals surface area (Å²) in [7, 11) is 3.09. The van der Waals surface area contributed by atoms with Crippen molar-refractivity contribution in [1.29, 1.82) is 0 Å². The molecule has 10 heteroatoms. The largest absolute Gasteiger partial charge is 0.497 e. The van der Waals surface area contributed by atoms with E-state index in [0.29, 0.717) is 28.3 Å². The van der Waals surface area contributed by atoms with Crippen LogP contribution in [0.25, 0.3) is 11.3 Å². The van der Waals surface area contributed by atoms with Crippen molar-refractivity contribution in [2.24, 2.45) is 5.10 Å². The van der Waals surface area contributed by atoms with Gasteiger partial charge in [-0.25, -0.2) is 5.43 Å². The number of carbonyl (C=O) groups is 1. The van der Waals surface area contributed by atoms with E-state index in [1.165, 1.54) is 31.5 Å². The molecule has 1 aromatic heterocycles. The molecule has 1 heterocycles. The molecule has 0 atom stereocenters. The van der Waals surface area contributed by atoms with Gasteiger partial charge in [0.1, 0.15) is 17.2 Å². The number of methoxy groups -OCH3 is 2. The molecule has 3 rings (SSSR count). The average molecular weight is 395 g/mol. The van der Waals surface area contributed by atoms with Gasteiger partial charge in [0.2, 0.25) is 0 Å². The van der Waals surface area contributed by atoms with Crippen LogP contribution >= 0.6 is 0 Å². The number of nitro groups is 1. The standard InChI is InChI=1S/C19H17N5O5/c1-28-14-6-7-18(29-2)15(9-14)16-10-17(22-21-16)19(25)23-20-11-12-4-3-5-13(8-12)24(26)27/h3-11H,1-2H3,(H,21,22)(H,23,25)/b20-11+. The highest BCUT2D eigenvalue weighted by Gasteiger charge is 2.14. The molecule has 3 aromatic rings. The number of ether oxygens (including phenoxy) is 2. The summed E-state index contributed by atoms with van der Waals surface area (Å²) in [6.07, 6.45) is 1.31. The number of nitrogens with zero attached hydrogens (tertiary/aromatic N) is 3. The average Bonchev–Trinajstić information content (AvgIpc) is 3.23. The number of non-ortho nitro benzene ring substituents is 1. The number of aromatic amines is 1. The molecule has 0 fully saturated rings. The van der Waals surface area contributed by atoms with Crippen molar-refractivity contribution in [1.82, 2.24) is 15.6 Å². The van der Waals surface area contributed by atoms with Crippen molar-refractivity contribution >= 4 is 17.8 Å². The molecule has 0 aliphatic rings. The fourth-order valence-corrected chi connectivity index (χ4v) is 2.53. The molecule has 0 aliphatic heterocycles. The molecule has 0 saturated carbocycles. The lowest BCUT2D eigenvalue weighted by molar-refractivity contribution is -0.384. The highest BCUT2D eigenvalue weighted by molar-refractivity contribution is 5.94. The highest BCUT2D eigenvalue weighted by atomic mass is 16.6. The molecule has 29 heavy (non-hydrogen) atoms. The molecule has 0 aliphatic carbocycles. The molecule has 1 amide bonds. The number of carbonyl (C=O) groups excluding carboxylic acids is 1. The van der Waals surface area contributed by atoms with Gasteiger partial charge in [-0.2, -0.15) is 10.2 Å². The summed E-state index contributed by atoms with van der Waals surface area (Å²) >= 11 is 0. The van der Waals surface area contributed by atoms with E-state index < -0.39 is 10.8 Å². The zero-order valence-corrected chi connectivity index (χ0v) is 15.6. The van der Waals surface area contributed by atoms with Gasteiger partial charge >= 0.3 is 0 Å². The zero-order valence-electron chi connectivity index (χ0n) is 15.6. The smallest absolute Gasteiger partial charge is 0.289 e. The first kappa shape index (κ1) is 19.5. The molecular formula is C19H17N5O5. The van der Waals surface area contributed by atoms with E-state index in [-0.39, 0.29) is 11.4 Å². The van der Waals surface area contributed by atoms with E-state index in [2.05, 4.69) is 20.7 Å². The monoisotopic (exact) mass is 395 g/mol. The zero-order chi connectivity index (χ0) is 20.8. The Morgan fingerprint density at radius 3 is 2.76 bits per heavy atom. The van der Waals surface area contributed by atoms with Gasteiger partial charge in [0.15, 0.2) is 0 Å². The number of hydrogen-bond donors (Lipinski definition) is 2. The van der Waals surface area contributed by atoms with E-state index in [4.69, 9.17) is 9.47 Å². The maximum atomic E-state index is 12.3. The Labute approximate surface area is 165 Å². The van der Waals surface area contributed by atoms with Crippen LogP contribution in [0.4, 0.5) is 5.69 Å². The SMILES string of the molecule is COc1ccc(OC)c(-c2cc(C(=O)N/N=C/c3cccc([N+](=O)[O-])c3)[nH]n2)c1. The third-order valence-corrected chi connectivity index (χ3v) is 3.97. The van der Waals surface area contributed by atoms with Gasteiger partial charge in [0.05, 0.1) is 31.1 Å². The number of rotatable bonds is 7. The Kier molecular flexibility index (Phi) is 5.83. The molecule has 2 N–H and O–H groups in total. The molecule has 2 aromatic carbocycles. The van der Waals surface area contributed by atoms with Crippen LogP contribution < -0.4 is 14.9 Å². The second kappa shape index (κ2) is 8.65. The van der Waals surface area contributed by atoms with Gasteiger partial charge in [-0.05, 0) is 24.3 Å². The fourth-order valence-electron chi connectivity index (χ4n) is 2.53. The summed E-state index contributed by atoms with van der Waals surface area (Å²) < 4.78 is 10.5. The van der Waals surface area contributed by atoms with Crippen LogP contribution in [-0.4, -0.2) is 41.5 Å². The second-order valence-corrected chi connectivity index (χ2v) is 5.78. The summed E-state index contributed by atoms with van der Waals surface area (Å²) in [5.41, 5.74) is 4.09. The lowest BCUT2D eigenvalue weighted by atomic mass is 10.1. The van der Waals surface area contributed by atoms with Crippen LogP contribution in [0.2, 0.25) is 0 Å². The van der Waals surface area contributed by atoms with Crippen LogP contribution in [0.1, 0.15) is 16.1 Å². The van der Waals surface area contributed by atoms with Crippen molar-refractivity contribution < 1.29 is 19.2 Å². The molecule has 0 radical (unpaired) electrons. The number of hydrogen-bond acceptors (Lipinski definition) is 7. The quantitative estimate of drug-likeness (QED) is 0.359. The minimum absolute atomic E-state index is 0.0641. The van der Waals surface area contributed by atoms with Gasteiger partial charge in [-0.1, -0.05) is 12.1 Å². The first-order valence-electron chi connectivity index (χ1n) is 8.37. The first-order valence-corrected chi connectivity index (χ1v) is 8.37. The summed E-state index contributed by atoms with van der Waals surface area (Å²) in [6, 6.07) is 12.7. The van der Waals surface area contributed by atoms with Gasteiger partial charge in [0, 0.05) is 23.3 Å². The van der Waals surface area contributed by atoms with Crippen LogP contribution in [0, 0.1) is 10.1 Å². The van der Waals surface area contributed by atoms with Crippen LogP contribution in [-0.2, 0) is 0 Å². The topological polar surface area (TPSA) is 132 Å². The normalized spacial score (nSPS) is 10.7. The van der Waals surface area contributed by atoms with Gasteiger partial charge in [-0.3, -0.25) is 20.0 Å². The predicted octanol–water partition coefficient (Wildman–Crippen LogP) is 2.77. The maximum absolute atomic E-state index is 12.3. The molecule has 0 saturated heterocycles. The number of nitro benzene ring substituents is 1. The Morgan fingerprint density at radius 1 is 1.21 bits per heavy atom. The second-order valence-electron chi connectivity index (χ2n) is 5.78. The van der Waals surface area contributed by atoms with Gasteiger partial charge < -0.3 is 9.47 Å². The summed E-state index contributed by atoms with van der Waals surface area (Å²) in [5.74, 6) is 0.677. The van der Waals surface area contributed by atoms with Crippen molar-refractivity contribution in [3.05, 3.63) is 69.9 Å². The predicted molar refractivity (Wildman–Crippen MR) is 105 cm³/mol. The number of H-pyrrole nitrogens is 1. The van der Waals surface area contributed by atoms with Gasteiger partial charge in [0.25, 0.3) is 11.6 Å². The van der Waals surface area contributed by atoms with E-state index in [1.54, 1.807) is 37.4 Å². The summed E-state index contributed by atoms with van der Waals surface area (Å²) in [4.78, 5) is 22.6. The number of nitrogens with one attached hydrogen (secondary N) is 2. The number of benzene rings is 2. The van der Waals surface area contributed by atoms with Gasteiger partial charge in [-0.15, -0.1) is 0 Å². The number of aromatic nitrogens is 2. The lowest BCUT2D eigenvalue weighted by Gasteiger charge is -2.08. The van der Waals surface area contributed by atoms with Crippen LogP contribution in [0.3, 0.4) is 0 Å². The molecule has 0 bridgehead atoms. The van der Waals surface area contributed by atoms with Crippen molar-refractivity contribution in [2.75, 3.05) is 14.2 Å². The third kappa shape index (κ3) is 4.56. The Morgan fingerprint density at radius 2 is 2.03 bits per heavy atom. The minimum Gasteiger partial charge on any atom is -0.497 e. The van der Waals surface area contributed by atoms with Crippen LogP contribution in [0.15, 0.2) is 53.6 Å². The van der Waals surface area contributed by atoms with E-state index in [0.717, 1.165) is 0 Å². The molecule has 10 nitrogen and oxygen atoms in total. The Bertz CT molecular complexity index is 1080. The van der Waals surface area contributed by atoms with Crippen molar-refractivity contribution in [3.63, 3.8) is 0 Å². The Balaban J connectivity index is 1.73. The number of amides is 1. The third-order valence-electron chi connectivity index (χ3n) is 3.97. The van der Waals surface area contributed by atoms with Crippen molar-refractivity contribution in [2.45, 2.75) is 0 Å². The minimum atomic E-state index is -0.521. The van der Waals surface area contributed by atoms with E-state index >= 15 is 0 Å². The highest BCUT2D eigenvalue weighted by Crippen LogP contribution is 2.32. The first-order chi connectivity index (χ1) is 14.0. The number of hydrazone groups is 1. The lowest BCUT2D eigenvalue weighted by Crippen LogP contribution is -2.18. The fraction of sp³-hybridized carbons (Fsp3) is 0.105. The van der Waals surface area contributed by atoms with Crippen LogP contribution in [0.5, 0.6) is 11.5 Å². The molecule has 0 spiro atoms. The van der Waals surface area contributed by atoms with E-state index in [9.17, 15) is 14.9 Å². The molecule has 0 unspecified atom stereocenters. The summed E-state index contributed by atoms with van der Waals surface area (Å²) in [6.45, 7) is 0. The van der Waals surface area contributed by atoms with Crippen molar-refractivity contribution in [3.8, 4) is 22.8 Å². The maximum Gasteiger partial charge on any atom is 0.289 e. The molecular weight excluding hydrogens is 378 g/mol. The Hall–Kier alpha value is -4.21. The molecule has 148 valence electrons. The van der Waals surface area contributed by atoms with E-state index in [1.807, 2.05) is 0 Å². The summed E-state index contributed by atoms with van der Waals surface area (Å²) in [5, 5.41) is 21.4.